The Bertz CT molecular complexity index is 432. The van der Waals surface area contributed by atoms with Gasteiger partial charge in [-0.05, 0) is 13.8 Å². The van der Waals surface area contributed by atoms with Crippen molar-refractivity contribution >= 4 is 23.9 Å². The molecule has 0 radical (unpaired) electrons. The summed E-state index contributed by atoms with van der Waals surface area (Å²) in [5, 5.41) is 11.0. The monoisotopic (exact) mass is 302 g/mol. The van der Waals surface area contributed by atoms with Crippen LogP contribution in [0, 0.1) is 11.3 Å². The predicted octanol–water partition coefficient (Wildman–Crippen LogP) is 0.464. The standard InChI is InChI=1S/C13H22N2O6/c1-8(10(17)21-5)7-15(4)12(20)14-9(16)6-13(2,3)11(18)19/h8H,6-7H2,1-5H3,(H,18,19)(H,14,16,20). The predicted molar refractivity (Wildman–Crippen MR) is 73.4 cm³/mol. The summed E-state index contributed by atoms with van der Waals surface area (Å²) in [7, 11) is 2.67. The number of nitrogens with zero attached hydrogens (tertiary/aromatic N) is 1. The van der Waals surface area contributed by atoms with Crippen molar-refractivity contribution in [2.75, 3.05) is 20.7 Å². The lowest BCUT2D eigenvalue weighted by atomic mass is 9.89. The van der Waals surface area contributed by atoms with Crippen molar-refractivity contribution in [3.05, 3.63) is 0 Å². The fraction of sp³-hybridized carbons (Fsp3) is 0.692. The molecule has 120 valence electrons. The Morgan fingerprint density at radius 1 is 1.29 bits per heavy atom. The summed E-state index contributed by atoms with van der Waals surface area (Å²) in [6, 6.07) is -0.697. The summed E-state index contributed by atoms with van der Waals surface area (Å²) in [6.45, 7) is 4.45. The summed E-state index contributed by atoms with van der Waals surface area (Å²) < 4.78 is 4.54. The van der Waals surface area contributed by atoms with Crippen LogP contribution < -0.4 is 5.32 Å². The summed E-state index contributed by atoms with van der Waals surface area (Å²) in [5.74, 6) is -2.81. The summed E-state index contributed by atoms with van der Waals surface area (Å²) in [6.07, 6.45) is -0.325. The van der Waals surface area contributed by atoms with E-state index in [4.69, 9.17) is 5.11 Å². The van der Waals surface area contributed by atoms with Crippen molar-refractivity contribution in [2.45, 2.75) is 27.2 Å². The highest BCUT2D eigenvalue weighted by Crippen LogP contribution is 2.20. The average Bonchev–Trinajstić information content (AvgIpc) is 2.36. The van der Waals surface area contributed by atoms with E-state index < -0.39 is 35.2 Å². The minimum absolute atomic E-state index is 0.0775. The molecule has 0 saturated heterocycles. The fourth-order valence-electron chi connectivity index (χ4n) is 1.51. The first kappa shape index (κ1) is 18.9. The SMILES string of the molecule is COC(=O)C(C)CN(C)C(=O)NC(=O)CC(C)(C)C(=O)O. The highest BCUT2D eigenvalue weighted by Gasteiger charge is 2.31. The maximum absolute atomic E-state index is 11.8. The highest BCUT2D eigenvalue weighted by molar-refractivity contribution is 5.96. The Kier molecular flexibility index (Phi) is 6.84. The molecular formula is C13H22N2O6. The fourth-order valence-corrected chi connectivity index (χ4v) is 1.51. The number of amides is 3. The largest absolute Gasteiger partial charge is 0.481 e. The van der Waals surface area contributed by atoms with E-state index in [1.165, 1.54) is 28.0 Å². The van der Waals surface area contributed by atoms with Crippen LogP contribution in [0.25, 0.3) is 0 Å². The zero-order valence-corrected chi connectivity index (χ0v) is 12.9. The number of imide groups is 1. The second-order valence-corrected chi connectivity index (χ2v) is 5.52. The van der Waals surface area contributed by atoms with Crippen molar-refractivity contribution in [3.8, 4) is 0 Å². The number of hydrogen-bond donors (Lipinski definition) is 2. The van der Waals surface area contributed by atoms with Crippen molar-refractivity contribution in [3.63, 3.8) is 0 Å². The smallest absolute Gasteiger partial charge is 0.323 e. The Morgan fingerprint density at radius 2 is 1.81 bits per heavy atom. The Labute approximate surface area is 123 Å². The summed E-state index contributed by atoms with van der Waals surface area (Å²) >= 11 is 0. The van der Waals surface area contributed by atoms with E-state index in [-0.39, 0.29) is 13.0 Å². The van der Waals surface area contributed by atoms with Gasteiger partial charge in [0.25, 0.3) is 0 Å². The molecule has 0 aliphatic carbocycles. The topological polar surface area (TPSA) is 113 Å². The average molecular weight is 302 g/mol. The molecule has 0 aromatic heterocycles. The van der Waals surface area contributed by atoms with Gasteiger partial charge in [-0.15, -0.1) is 0 Å². The molecule has 21 heavy (non-hydrogen) atoms. The molecule has 8 heteroatoms. The van der Waals surface area contributed by atoms with Crippen LogP contribution in [0.4, 0.5) is 4.79 Å². The van der Waals surface area contributed by atoms with Crippen molar-refractivity contribution in [1.29, 1.82) is 0 Å². The molecule has 0 aliphatic rings. The van der Waals surface area contributed by atoms with E-state index in [0.29, 0.717) is 0 Å². The first-order valence-electron chi connectivity index (χ1n) is 6.37. The number of carboxylic acid groups (broad SMARTS) is 1. The molecule has 0 rings (SSSR count). The van der Waals surface area contributed by atoms with Gasteiger partial charge in [-0.2, -0.15) is 0 Å². The zero-order chi connectivity index (χ0) is 16.8. The summed E-state index contributed by atoms with van der Waals surface area (Å²) in [5.41, 5.74) is -1.26. The normalized spacial score (nSPS) is 12.2. The number of carbonyl (C=O) groups is 4. The van der Waals surface area contributed by atoms with Gasteiger partial charge in [0.15, 0.2) is 0 Å². The van der Waals surface area contributed by atoms with Crippen molar-refractivity contribution < 1.29 is 29.0 Å². The van der Waals surface area contributed by atoms with Crippen LogP contribution >= 0.6 is 0 Å². The van der Waals surface area contributed by atoms with Crippen LogP contribution in [0.5, 0.6) is 0 Å². The maximum Gasteiger partial charge on any atom is 0.323 e. The lowest BCUT2D eigenvalue weighted by molar-refractivity contribution is -0.149. The first-order valence-corrected chi connectivity index (χ1v) is 6.37. The number of carbonyl (C=O) groups excluding carboxylic acids is 3. The molecule has 3 amide bonds. The van der Waals surface area contributed by atoms with E-state index in [1.54, 1.807) is 6.92 Å². The third kappa shape index (κ3) is 6.24. The Balaban J connectivity index is 4.45. The van der Waals surface area contributed by atoms with Crippen molar-refractivity contribution in [1.82, 2.24) is 10.2 Å². The van der Waals surface area contributed by atoms with E-state index in [9.17, 15) is 19.2 Å². The molecule has 0 aliphatic heterocycles. The number of nitrogens with one attached hydrogen (secondary N) is 1. The number of ether oxygens (including phenoxy) is 1. The van der Waals surface area contributed by atoms with Gasteiger partial charge >= 0.3 is 18.0 Å². The van der Waals surface area contributed by atoms with Crippen LogP contribution in [0.1, 0.15) is 27.2 Å². The molecule has 1 unspecified atom stereocenters. The molecule has 0 spiro atoms. The molecule has 0 heterocycles. The van der Waals surface area contributed by atoms with E-state index in [0.717, 1.165) is 4.90 Å². The Hall–Kier alpha value is -2.12. The highest BCUT2D eigenvalue weighted by atomic mass is 16.5. The van der Waals surface area contributed by atoms with Gasteiger partial charge in [0.1, 0.15) is 0 Å². The van der Waals surface area contributed by atoms with E-state index in [2.05, 4.69) is 10.1 Å². The van der Waals surface area contributed by atoms with E-state index >= 15 is 0 Å². The molecule has 0 aromatic carbocycles. The number of esters is 1. The van der Waals surface area contributed by atoms with Gasteiger partial charge in [-0.1, -0.05) is 6.92 Å². The van der Waals surface area contributed by atoms with Crippen LogP contribution in [-0.2, 0) is 19.1 Å². The lowest BCUT2D eigenvalue weighted by Crippen LogP contribution is -2.45. The quantitative estimate of drug-likeness (QED) is 0.689. The molecule has 0 aromatic rings. The molecule has 0 bridgehead atoms. The lowest BCUT2D eigenvalue weighted by Gasteiger charge is -2.22. The number of aliphatic carboxylic acids is 1. The molecule has 8 nitrogen and oxygen atoms in total. The van der Waals surface area contributed by atoms with Gasteiger partial charge in [0, 0.05) is 20.0 Å². The number of methoxy groups -OCH3 is 1. The van der Waals surface area contributed by atoms with Gasteiger partial charge in [-0.25, -0.2) is 4.79 Å². The molecule has 0 fully saturated rings. The first-order chi connectivity index (χ1) is 9.51. The van der Waals surface area contributed by atoms with Crippen LogP contribution in [0.15, 0.2) is 0 Å². The Morgan fingerprint density at radius 3 is 2.24 bits per heavy atom. The van der Waals surface area contributed by atoms with Gasteiger partial charge in [-0.3, -0.25) is 19.7 Å². The molecule has 2 N–H and O–H groups in total. The number of hydrogen-bond acceptors (Lipinski definition) is 5. The summed E-state index contributed by atoms with van der Waals surface area (Å²) in [4.78, 5) is 46.7. The maximum atomic E-state index is 11.8. The van der Waals surface area contributed by atoms with Crippen LogP contribution in [0.3, 0.4) is 0 Å². The van der Waals surface area contributed by atoms with Gasteiger partial charge in [0.05, 0.1) is 18.4 Å². The zero-order valence-electron chi connectivity index (χ0n) is 12.9. The van der Waals surface area contributed by atoms with Gasteiger partial charge < -0.3 is 14.7 Å². The van der Waals surface area contributed by atoms with Crippen LogP contribution in [0.2, 0.25) is 0 Å². The van der Waals surface area contributed by atoms with Crippen molar-refractivity contribution in [2.24, 2.45) is 11.3 Å². The minimum Gasteiger partial charge on any atom is -0.481 e. The number of urea groups is 1. The second-order valence-electron chi connectivity index (χ2n) is 5.52. The van der Waals surface area contributed by atoms with Crippen LogP contribution in [-0.4, -0.2) is 54.6 Å². The third-order valence-electron chi connectivity index (χ3n) is 2.93. The second kappa shape index (κ2) is 7.61. The molecule has 0 saturated carbocycles. The third-order valence-corrected chi connectivity index (χ3v) is 2.93. The van der Waals surface area contributed by atoms with E-state index in [1.807, 2.05) is 0 Å². The van der Waals surface area contributed by atoms with Gasteiger partial charge in [0.2, 0.25) is 5.91 Å². The molecular weight excluding hydrogens is 280 g/mol. The number of carboxylic acids is 1. The number of rotatable bonds is 6. The minimum atomic E-state index is -1.26. The molecule has 1 atom stereocenters.